The molecule has 5 saturated carbocycles. The molecule has 5 N–H and O–H groups in total. The summed E-state index contributed by atoms with van der Waals surface area (Å²) in [5, 5.41) is 20.4. The zero-order valence-corrected chi connectivity index (χ0v) is 37.5. The Bertz CT molecular complexity index is 2120. The zero-order valence-electron chi connectivity index (χ0n) is 37.5. The molecule has 5 aliphatic carbocycles. The number of aromatic nitrogens is 3. The summed E-state index contributed by atoms with van der Waals surface area (Å²) in [6.45, 7) is 20.5. The minimum atomic E-state index is -0.382. The lowest BCUT2D eigenvalue weighted by Gasteiger charge is -2.72. The maximum absolute atomic E-state index is 14.7. The van der Waals surface area contributed by atoms with Crippen LogP contribution < -0.4 is 16.0 Å². The largest absolute Gasteiger partial charge is 0.393 e. The molecule has 0 bridgehead atoms. The Balaban J connectivity index is 0.883. The maximum Gasteiger partial charge on any atom is 0.252 e. The number of pyridine rings is 1. The summed E-state index contributed by atoms with van der Waals surface area (Å²) in [7, 11) is 0. The molecule has 328 valence electrons. The summed E-state index contributed by atoms with van der Waals surface area (Å²) in [6.07, 6.45) is 16.7. The molecule has 6 unspecified atom stereocenters. The van der Waals surface area contributed by atoms with Crippen LogP contribution in [0.15, 0.2) is 67.3 Å². The fraction of sp³-hybridized carbons (Fsp3) is 0.627. The van der Waals surface area contributed by atoms with Crippen LogP contribution in [0.3, 0.4) is 0 Å². The van der Waals surface area contributed by atoms with E-state index in [1.165, 1.54) is 37.5 Å². The van der Waals surface area contributed by atoms with Crippen molar-refractivity contribution in [3.8, 4) is 0 Å². The molecule has 2 heterocycles. The molecule has 0 aliphatic heterocycles. The van der Waals surface area contributed by atoms with Gasteiger partial charge in [-0.25, -0.2) is 4.98 Å². The van der Waals surface area contributed by atoms with Gasteiger partial charge in [0.15, 0.2) is 0 Å². The SMILES string of the molecule is C=C(C)C1CCC2(C(=O)NCCc3cccc(C(=O)NCc4ccc(C(=O)NCCc5cnc[nH]5)cn4)c3)CC[C@]3(C)C(CCC4[C@@]5(C)CC[C@H](O)C(C)(C)C5CC[C@]43C)C12. The predicted octanol–water partition coefficient (Wildman–Crippen LogP) is 8.38. The third-order valence-corrected chi connectivity index (χ3v) is 18.1. The molecule has 1 aromatic carbocycles. The lowest BCUT2D eigenvalue weighted by atomic mass is 9.32. The van der Waals surface area contributed by atoms with Crippen LogP contribution in [0.1, 0.15) is 143 Å². The number of nitrogens with one attached hydrogen (secondary N) is 4. The van der Waals surface area contributed by atoms with Gasteiger partial charge in [-0.1, -0.05) is 58.9 Å². The summed E-state index contributed by atoms with van der Waals surface area (Å²) >= 11 is 0. The van der Waals surface area contributed by atoms with Crippen LogP contribution in [0.2, 0.25) is 0 Å². The number of nitrogens with zero attached hydrogens (tertiary/aromatic N) is 2. The van der Waals surface area contributed by atoms with Crippen molar-refractivity contribution in [2.75, 3.05) is 13.1 Å². The highest BCUT2D eigenvalue weighted by molar-refractivity contribution is 5.94. The second kappa shape index (κ2) is 16.4. The Morgan fingerprint density at radius 3 is 2.33 bits per heavy atom. The van der Waals surface area contributed by atoms with E-state index >= 15 is 0 Å². The molecular formula is C51H70N6O4. The van der Waals surface area contributed by atoms with Crippen LogP contribution >= 0.6 is 0 Å². The molecular weight excluding hydrogens is 761 g/mol. The number of H-pyrrole nitrogens is 1. The smallest absolute Gasteiger partial charge is 0.252 e. The molecule has 61 heavy (non-hydrogen) atoms. The van der Waals surface area contributed by atoms with Crippen LogP contribution in [0.4, 0.5) is 0 Å². The molecule has 5 aliphatic rings. The Morgan fingerprint density at radius 2 is 1.59 bits per heavy atom. The number of aliphatic hydroxyl groups excluding tert-OH is 1. The highest BCUT2D eigenvalue weighted by Crippen LogP contribution is 2.77. The third kappa shape index (κ3) is 7.46. The molecule has 8 rings (SSSR count). The van der Waals surface area contributed by atoms with Gasteiger partial charge in [-0.3, -0.25) is 19.4 Å². The first-order valence-electron chi connectivity index (χ1n) is 23.2. The molecule has 0 spiro atoms. The van der Waals surface area contributed by atoms with E-state index in [2.05, 4.69) is 79.0 Å². The lowest BCUT2D eigenvalue weighted by Crippen LogP contribution is -2.67. The second-order valence-corrected chi connectivity index (χ2v) is 21.2. The molecule has 5 fully saturated rings. The van der Waals surface area contributed by atoms with E-state index in [0.29, 0.717) is 72.3 Å². The van der Waals surface area contributed by atoms with Gasteiger partial charge in [0.05, 0.1) is 35.6 Å². The molecule has 10 atom stereocenters. The van der Waals surface area contributed by atoms with Gasteiger partial charge in [0.2, 0.25) is 5.91 Å². The second-order valence-electron chi connectivity index (χ2n) is 21.2. The number of carbonyl (C=O) groups is 3. The first-order chi connectivity index (χ1) is 29.0. The van der Waals surface area contributed by atoms with E-state index in [1.54, 1.807) is 30.7 Å². The van der Waals surface area contributed by atoms with Gasteiger partial charge in [0.25, 0.3) is 11.8 Å². The van der Waals surface area contributed by atoms with Crippen molar-refractivity contribution in [1.82, 2.24) is 30.9 Å². The molecule has 10 nitrogen and oxygen atoms in total. The quantitative estimate of drug-likeness (QED) is 0.116. The highest BCUT2D eigenvalue weighted by Gasteiger charge is 2.71. The minimum Gasteiger partial charge on any atom is -0.393 e. The molecule has 3 amide bonds. The van der Waals surface area contributed by atoms with Gasteiger partial charge in [-0.15, -0.1) is 0 Å². The first kappa shape index (κ1) is 43.3. The summed E-state index contributed by atoms with van der Waals surface area (Å²) < 4.78 is 0. The number of aromatic amines is 1. The van der Waals surface area contributed by atoms with Crippen LogP contribution in [-0.2, 0) is 24.2 Å². The van der Waals surface area contributed by atoms with Crippen LogP contribution in [0, 0.1) is 56.7 Å². The van der Waals surface area contributed by atoms with Gasteiger partial charge >= 0.3 is 0 Å². The van der Waals surface area contributed by atoms with E-state index in [-0.39, 0.29) is 57.4 Å². The molecule has 10 heteroatoms. The number of amides is 3. The Morgan fingerprint density at radius 1 is 0.803 bits per heavy atom. The van der Waals surface area contributed by atoms with Crippen molar-refractivity contribution in [2.24, 2.45) is 56.7 Å². The number of aliphatic hydroxyl groups is 1. The summed E-state index contributed by atoms with van der Waals surface area (Å²) in [5.74, 6) is 2.11. The number of imidazole rings is 1. The van der Waals surface area contributed by atoms with E-state index in [9.17, 15) is 19.5 Å². The Hall–Kier alpha value is -4.31. The monoisotopic (exact) mass is 831 g/mol. The average Bonchev–Trinajstić information content (AvgIpc) is 3.91. The number of allylic oxidation sites excluding steroid dienone is 1. The van der Waals surface area contributed by atoms with Gasteiger partial charge < -0.3 is 26.0 Å². The maximum atomic E-state index is 14.7. The van der Waals surface area contributed by atoms with Gasteiger partial charge in [-0.05, 0) is 159 Å². The normalized spacial score (nSPS) is 34.8. The number of benzene rings is 1. The van der Waals surface area contributed by atoms with Crippen LogP contribution in [0.5, 0.6) is 0 Å². The summed E-state index contributed by atoms with van der Waals surface area (Å²) in [5.41, 5.74) is 4.98. The number of hydrogen-bond acceptors (Lipinski definition) is 6. The molecule has 0 saturated heterocycles. The standard InChI is InChI=1S/C51H70N6O4/c1-32(2)38-15-22-51(24-23-49(6)39(43(38)51)13-14-41-48(5)20-17-42(58)47(3,4)40(48)16-21-50(41,49)7)46(61)54-25-18-33-9-8-10-34(27-33)44(59)56-30-36-12-11-35(28-55-36)45(60)53-26-19-37-29-52-31-57-37/h8-12,27-29,31,38-43,58H,1,13-26,30H2,2-7H3,(H,52,57)(H,53,60)(H,54,61)(H,56,59)/t38?,39?,40?,41?,42-,43?,48-,49+,50+,51?/m0/s1. The highest BCUT2D eigenvalue weighted by atomic mass is 16.3. The van der Waals surface area contributed by atoms with Gasteiger partial charge in [0, 0.05) is 43.2 Å². The number of rotatable bonds is 12. The van der Waals surface area contributed by atoms with E-state index < -0.39 is 0 Å². The Kier molecular flexibility index (Phi) is 11.7. The zero-order chi connectivity index (χ0) is 43.4. The molecule has 0 radical (unpaired) electrons. The van der Waals surface area contributed by atoms with E-state index in [4.69, 9.17) is 0 Å². The van der Waals surface area contributed by atoms with Gasteiger partial charge in [-0.2, -0.15) is 0 Å². The fourth-order valence-corrected chi connectivity index (χ4v) is 14.7. The van der Waals surface area contributed by atoms with Crippen molar-refractivity contribution in [2.45, 2.75) is 131 Å². The molecule has 2 aromatic heterocycles. The van der Waals surface area contributed by atoms with Crippen LogP contribution in [0.25, 0.3) is 0 Å². The topological polar surface area (TPSA) is 149 Å². The number of carbonyl (C=O) groups excluding carboxylic acids is 3. The molecule has 3 aromatic rings. The average molecular weight is 831 g/mol. The van der Waals surface area contributed by atoms with E-state index in [1.807, 2.05) is 18.2 Å². The van der Waals surface area contributed by atoms with E-state index in [0.717, 1.165) is 49.8 Å². The van der Waals surface area contributed by atoms with Crippen molar-refractivity contribution >= 4 is 17.7 Å². The summed E-state index contributed by atoms with van der Waals surface area (Å²) in [6, 6.07) is 11.1. The summed E-state index contributed by atoms with van der Waals surface area (Å²) in [4.78, 5) is 51.9. The minimum absolute atomic E-state index is 0.0631. The number of fused-ring (bicyclic) bond motifs is 7. The predicted molar refractivity (Wildman–Crippen MR) is 238 cm³/mol. The lowest BCUT2D eigenvalue weighted by molar-refractivity contribution is -0.246. The van der Waals surface area contributed by atoms with Crippen LogP contribution in [-0.4, -0.2) is 57.0 Å². The van der Waals surface area contributed by atoms with Crippen molar-refractivity contribution < 1.29 is 19.5 Å². The van der Waals surface area contributed by atoms with Crippen molar-refractivity contribution in [1.29, 1.82) is 0 Å². The Labute approximate surface area is 363 Å². The number of hydrogen-bond donors (Lipinski definition) is 5. The fourth-order valence-electron chi connectivity index (χ4n) is 14.7. The first-order valence-corrected chi connectivity index (χ1v) is 23.2. The van der Waals surface area contributed by atoms with Crippen molar-refractivity contribution in [3.63, 3.8) is 0 Å². The third-order valence-electron chi connectivity index (χ3n) is 18.1. The van der Waals surface area contributed by atoms with Crippen molar-refractivity contribution in [3.05, 3.63) is 95.3 Å². The van der Waals surface area contributed by atoms with Gasteiger partial charge in [0.1, 0.15) is 0 Å².